The molecule has 2 rings (SSSR count). The first kappa shape index (κ1) is 18.9. The van der Waals surface area contributed by atoms with E-state index >= 15 is 0 Å². The maximum absolute atomic E-state index is 12.7. The van der Waals surface area contributed by atoms with Crippen molar-refractivity contribution in [3.05, 3.63) is 57.9 Å². The number of carbonyl (C=O) groups excluding carboxylic acids is 2. The van der Waals surface area contributed by atoms with Crippen molar-refractivity contribution in [1.29, 1.82) is 0 Å². The standard InChI is InChI=1S/C20H26N2O3/c1-6-25-20(24)18-14(3)19(21-15(18)4)17(23)12-22(5)11-16-9-7-13(2)8-10-16/h7-10,21H,6,11-12H2,1-5H3/p+1. The summed E-state index contributed by atoms with van der Waals surface area (Å²) < 4.78 is 5.08. The fourth-order valence-electron chi connectivity index (χ4n) is 3.02. The Hall–Kier alpha value is -2.40. The van der Waals surface area contributed by atoms with Crippen LogP contribution in [0.3, 0.4) is 0 Å². The molecule has 0 saturated heterocycles. The van der Waals surface area contributed by atoms with Crippen molar-refractivity contribution in [2.24, 2.45) is 0 Å². The van der Waals surface area contributed by atoms with Gasteiger partial charge in [0.05, 0.1) is 24.9 Å². The number of ether oxygens (including phenoxy) is 1. The summed E-state index contributed by atoms with van der Waals surface area (Å²) in [6.45, 7) is 8.85. The Bertz CT molecular complexity index is 760. The minimum Gasteiger partial charge on any atom is -0.462 e. The van der Waals surface area contributed by atoms with Crippen LogP contribution in [0.5, 0.6) is 0 Å². The summed E-state index contributed by atoms with van der Waals surface area (Å²) >= 11 is 0. The first-order valence-electron chi connectivity index (χ1n) is 8.59. The Morgan fingerprint density at radius 2 is 1.76 bits per heavy atom. The Balaban J connectivity index is 2.09. The number of aromatic amines is 1. The molecule has 134 valence electrons. The largest absolute Gasteiger partial charge is 0.462 e. The Morgan fingerprint density at radius 3 is 2.36 bits per heavy atom. The monoisotopic (exact) mass is 343 g/mol. The number of ketones is 1. The number of hydrogen-bond acceptors (Lipinski definition) is 3. The number of likely N-dealkylation sites (N-methyl/N-ethyl adjacent to an activating group) is 1. The summed E-state index contributed by atoms with van der Waals surface area (Å²) in [7, 11) is 2.00. The van der Waals surface area contributed by atoms with Crippen molar-refractivity contribution < 1.29 is 19.2 Å². The lowest BCUT2D eigenvalue weighted by atomic mass is 10.1. The SMILES string of the molecule is CCOC(=O)c1c(C)[nH]c(C(=O)C[NH+](C)Cc2ccc(C)cc2)c1C. The molecule has 0 radical (unpaired) electrons. The predicted octanol–water partition coefficient (Wildman–Crippen LogP) is 2.01. The normalized spacial score (nSPS) is 12.0. The number of esters is 1. The van der Waals surface area contributed by atoms with Gasteiger partial charge in [-0.15, -0.1) is 0 Å². The highest BCUT2D eigenvalue weighted by atomic mass is 16.5. The van der Waals surface area contributed by atoms with Gasteiger partial charge >= 0.3 is 5.97 Å². The van der Waals surface area contributed by atoms with E-state index < -0.39 is 0 Å². The Morgan fingerprint density at radius 1 is 1.12 bits per heavy atom. The summed E-state index contributed by atoms with van der Waals surface area (Å²) in [6, 6.07) is 8.33. The number of nitrogens with one attached hydrogen (secondary N) is 2. The van der Waals surface area contributed by atoms with Gasteiger partial charge in [0.25, 0.3) is 0 Å². The van der Waals surface area contributed by atoms with E-state index in [1.165, 1.54) is 11.1 Å². The van der Waals surface area contributed by atoms with Gasteiger partial charge in [-0.05, 0) is 33.3 Å². The second-order valence-corrected chi connectivity index (χ2v) is 6.56. The average Bonchev–Trinajstić information content (AvgIpc) is 2.84. The van der Waals surface area contributed by atoms with Gasteiger partial charge in [-0.25, -0.2) is 4.79 Å². The second-order valence-electron chi connectivity index (χ2n) is 6.56. The highest BCUT2D eigenvalue weighted by Gasteiger charge is 2.24. The number of aromatic nitrogens is 1. The lowest BCUT2D eigenvalue weighted by molar-refractivity contribution is -0.884. The molecule has 25 heavy (non-hydrogen) atoms. The van der Waals surface area contributed by atoms with E-state index in [0.717, 1.165) is 11.4 Å². The fraction of sp³-hybridized carbons (Fsp3) is 0.400. The first-order valence-corrected chi connectivity index (χ1v) is 8.59. The molecule has 2 aromatic rings. The van der Waals surface area contributed by atoms with Crippen LogP contribution in [0, 0.1) is 20.8 Å². The van der Waals surface area contributed by atoms with Gasteiger partial charge in [-0.3, -0.25) is 4.79 Å². The van der Waals surface area contributed by atoms with Crippen molar-refractivity contribution in [2.45, 2.75) is 34.2 Å². The minimum absolute atomic E-state index is 0.000704. The Labute approximate surface area is 149 Å². The number of rotatable bonds is 7. The van der Waals surface area contributed by atoms with Gasteiger partial charge in [0.15, 0.2) is 0 Å². The van der Waals surface area contributed by atoms with Crippen LogP contribution in [0.15, 0.2) is 24.3 Å². The number of quaternary nitrogens is 1. The number of benzene rings is 1. The average molecular weight is 343 g/mol. The van der Waals surface area contributed by atoms with Gasteiger partial charge in [0, 0.05) is 11.3 Å². The molecule has 0 amide bonds. The maximum atomic E-state index is 12.7. The van der Waals surface area contributed by atoms with E-state index in [0.29, 0.717) is 35.7 Å². The third-order valence-electron chi connectivity index (χ3n) is 4.28. The molecule has 5 heteroatoms. The topological polar surface area (TPSA) is 63.6 Å². The van der Waals surface area contributed by atoms with E-state index in [-0.39, 0.29) is 11.8 Å². The molecule has 2 N–H and O–H groups in total. The van der Waals surface area contributed by atoms with E-state index in [2.05, 4.69) is 36.2 Å². The van der Waals surface area contributed by atoms with Gasteiger partial charge in [-0.2, -0.15) is 0 Å². The van der Waals surface area contributed by atoms with Crippen LogP contribution in [0.2, 0.25) is 0 Å². The smallest absolute Gasteiger partial charge is 0.340 e. The highest BCUT2D eigenvalue weighted by Crippen LogP contribution is 2.19. The van der Waals surface area contributed by atoms with Crippen molar-refractivity contribution in [2.75, 3.05) is 20.2 Å². The predicted molar refractivity (Wildman–Crippen MR) is 97.2 cm³/mol. The van der Waals surface area contributed by atoms with Crippen molar-refractivity contribution in [1.82, 2.24) is 4.98 Å². The molecule has 0 aliphatic rings. The van der Waals surface area contributed by atoms with Gasteiger partial charge in [-0.1, -0.05) is 29.8 Å². The van der Waals surface area contributed by atoms with Crippen LogP contribution in [-0.2, 0) is 11.3 Å². The molecule has 0 saturated carbocycles. The van der Waals surface area contributed by atoms with Crippen LogP contribution in [0.1, 0.15) is 50.2 Å². The number of H-pyrrole nitrogens is 1. The van der Waals surface area contributed by atoms with Crippen LogP contribution in [0.25, 0.3) is 0 Å². The van der Waals surface area contributed by atoms with E-state index in [9.17, 15) is 9.59 Å². The van der Waals surface area contributed by atoms with Crippen LogP contribution in [0.4, 0.5) is 0 Å². The van der Waals surface area contributed by atoms with Crippen LogP contribution in [-0.4, -0.2) is 36.9 Å². The molecule has 1 unspecified atom stereocenters. The number of Topliss-reactive ketones (excluding diaryl/α,β-unsaturated/α-hetero) is 1. The van der Waals surface area contributed by atoms with E-state index in [1.807, 2.05) is 7.05 Å². The van der Waals surface area contributed by atoms with Gasteiger partial charge < -0.3 is 14.6 Å². The molecule has 0 fully saturated rings. The zero-order valence-corrected chi connectivity index (χ0v) is 15.7. The molecular formula is C20H27N2O3+. The highest BCUT2D eigenvalue weighted by molar-refractivity contribution is 6.01. The molecule has 0 aliphatic carbocycles. The molecular weight excluding hydrogens is 316 g/mol. The maximum Gasteiger partial charge on any atom is 0.340 e. The van der Waals surface area contributed by atoms with E-state index in [1.54, 1.807) is 20.8 Å². The van der Waals surface area contributed by atoms with Crippen LogP contribution >= 0.6 is 0 Å². The lowest BCUT2D eigenvalue weighted by Crippen LogP contribution is -3.08. The molecule has 1 aromatic heterocycles. The minimum atomic E-state index is -0.381. The molecule has 1 heterocycles. The summed E-state index contributed by atoms with van der Waals surface area (Å²) in [5.41, 5.74) is 4.74. The van der Waals surface area contributed by atoms with Gasteiger partial charge in [0.1, 0.15) is 13.1 Å². The van der Waals surface area contributed by atoms with E-state index in [4.69, 9.17) is 4.74 Å². The number of hydrogen-bond donors (Lipinski definition) is 2. The molecule has 1 atom stereocenters. The fourth-order valence-corrected chi connectivity index (χ4v) is 3.02. The quantitative estimate of drug-likeness (QED) is 0.597. The van der Waals surface area contributed by atoms with Crippen molar-refractivity contribution in [3.63, 3.8) is 0 Å². The van der Waals surface area contributed by atoms with Crippen molar-refractivity contribution in [3.8, 4) is 0 Å². The summed E-state index contributed by atoms with van der Waals surface area (Å²) in [4.78, 5) is 28.9. The van der Waals surface area contributed by atoms with Gasteiger partial charge in [0.2, 0.25) is 5.78 Å². The number of carbonyl (C=O) groups is 2. The third-order valence-corrected chi connectivity index (χ3v) is 4.28. The zero-order chi connectivity index (χ0) is 18.6. The molecule has 0 aliphatic heterocycles. The zero-order valence-electron chi connectivity index (χ0n) is 15.7. The second kappa shape index (κ2) is 8.12. The molecule has 0 spiro atoms. The number of aryl methyl sites for hydroxylation is 2. The molecule has 1 aromatic carbocycles. The molecule has 5 nitrogen and oxygen atoms in total. The summed E-state index contributed by atoms with van der Waals surface area (Å²) in [5.74, 6) is -0.381. The molecule has 0 bridgehead atoms. The lowest BCUT2D eigenvalue weighted by Gasteiger charge is -2.13. The van der Waals surface area contributed by atoms with Crippen molar-refractivity contribution >= 4 is 11.8 Å². The third kappa shape index (κ3) is 4.57. The Kier molecular flexibility index (Phi) is 6.15. The van der Waals surface area contributed by atoms with Crippen LogP contribution < -0.4 is 4.90 Å². The summed E-state index contributed by atoms with van der Waals surface area (Å²) in [6.07, 6.45) is 0. The summed E-state index contributed by atoms with van der Waals surface area (Å²) in [5, 5.41) is 0. The first-order chi connectivity index (χ1) is 11.8.